The Morgan fingerprint density at radius 1 is 1.19 bits per heavy atom. The Morgan fingerprint density at radius 3 is 2.69 bits per heavy atom. The zero-order chi connectivity index (χ0) is 18.7. The highest BCUT2D eigenvalue weighted by Crippen LogP contribution is 2.25. The molecule has 5 nitrogen and oxygen atoms in total. The van der Waals surface area contributed by atoms with Crippen LogP contribution in [-0.4, -0.2) is 17.2 Å². The number of aromatic nitrogens is 1. The van der Waals surface area contributed by atoms with E-state index >= 15 is 0 Å². The van der Waals surface area contributed by atoms with Gasteiger partial charge in [0.05, 0.1) is 5.02 Å². The van der Waals surface area contributed by atoms with Crippen LogP contribution >= 0.6 is 11.6 Å². The third-order valence-electron chi connectivity index (χ3n) is 3.48. The molecule has 0 unspecified atom stereocenters. The lowest BCUT2D eigenvalue weighted by Crippen LogP contribution is -2.30. The molecule has 3 aromatic rings. The van der Waals surface area contributed by atoms with E-state index in [4.69, 9.17) is 20.9 Å². The summed E-state index contributed by atoms with van der Waals surface area (Å²) in [5, 5.41) is 6.60. The van der Waals surface area contributed by atoms with Crippen LogP contribution in [0, 0.1) is 11.6 Å². The molecular formula is C18H13ClF2N2O3. The molecule has 0 fully saturated rings. The zero-order valence-corrected chi connectivity index (χ0v) is 14.3. The summed E-state index contributed by atoms with van der Waals surface area (Å²) in [5.74, 6) is -2.03. The molecule has 8 heteroatoms. The Hall–Kier alpha value is -2.93. The summed E-state index contributed by atoms with van der Waals surface area (Å²) < 4.78 is 36.8. The van der Waals surface area contributed by atoms with Crippen molar-refractivity contribution in [2.24, 2.45) is 0 Å². The van der Waals surface area contributed by atoms with Gasteiger partial charge in [-0.1, -0.05) is 28.9 Å². The molecule has 0 bridgehead atoms. The average molecular weight is 379 g/mol. The molecule has 2 aromatic carbocycles. The van der Waals surface area contributed by atoms with E-state index in [1.54, 1.807) is 31.2 Å². The van der Waals surface area contributed by atoms with Gasteiger partial charge in [-0.05, 0) is 37.3 Å². The third-order valence-corrected chi connectivity index (χ3v) is 3.79. The lowest BCUT2D eigenvalue weighted by atomic mass is 10.1. The van der Waals surface area contributed by atoms with Crippen molar-refractivity contribution in [3.8, 4) is 17.0 Å². The topological polar surface area (TPSA) is 64.4 Å². The highest BCUT2D eigenvalue weighted by atomic mass is 35.5. The van der Waals surface area contributed by atoms with Crippen molar-refractivity contribution in [1.82, 2.24) is 5.16 Å². The van der Waals surface area contributed by atoms with Crippen molar-refractivity contribution in [3.05, 3.63) is 65.2 Å². The number of carbonyl (C=O) groups is 1. The third kappa shape index (κ3) is 4.00. The fraction of sp³-hybridized carbons (Fsp3) is 0.111. The zero-order valence-electron chi connectivity index (χ0n) is 13.5. The number of benzene rings is 2. The van der Waals surface area contributed by atoms with Crippen LogP contribution in [0.15, 0.2) is 53.1 Å². The first kappa shape index (κ1) is 17.9. The van der Waals surface area contributed by atoms with Crippen LogP contribution in [0.1, 0.15) is 6.92 Å². The van der Waals surface area contributed by atoms with Crippen LogP contribution in [0.3, 0.4) is 0 Å². The van der Waals surface area contributed by atoms with Gasteiger partial charge in [-0.2, -0.15) is 0 Å². The van der Waals surface area contributed by atoms with Crippen LogP contribution in [0.2, 0.25) is 5.02 Å². The van der Waals surface area contributed by atoms with Gasteiger partial charge in [0.1, 0.15) is 11.4 Å². The van der Waals surface area contributed by atoms with Gasteiger partial charge in [0.15, 0.2) is 17.7 Å². The predicted molar refractivity (Wildman–Crippen MR) is 92.0 cm³/mol. The molecule has 0 aliphatic carbocycles. The summed E-state index contributed by atoms with van der Waals surface area (Å²) in [7, 11) is 0. The molecule has 1 N–H and O–H groups in total. The molecular weight excluding hydrogens is 366 g/mol. The minimum atomic E-state index is -1.00. The number of rotatable bonds is 5. The van der Waals surface area contributed by atoms with Gasteiger partial charge in [0.2, 0.25) is 5.88 Å². The standard InChI is InChI=1S/C18H13ClF2N2O3/c1-10(25-16-5-3-2-4-12(16)19)18(24)22-17-9-15(23-26-17)11-6-7-13(20)14(21)8-11/h2-10H,1H3,(H,22,24)/t10-/m0/s1. The molecule has 1 aromatic heterocycles. The number of ether oxygens (including phenoxy) is 1. The molecule has 1 heterocycles. The van der Waals surface area contributed by atoms with Gasteiger partial charge in [-0.25, -0.2) is 8.78 Å². The average Bonchev–Trinajstić information content (AvgIpc) is 3.07. The fourth-order valence-corrected chi connectivity index (χ4v) is 2.31. The summed E-state index contributed by atoms with van der Waals surface area (Å²) in [5.41, 5.74) is 0.562. The van der Waals surface area contributed by atoms with Gasteiger partial charge in [-0.15, -0.1) is 0 Å². The summed E-state index contributed by atoms with van der Waals surface area (Å²) in [4.78, 5) is 12.2. The molecule has 0 saturated carbocycles. The van der Waals surface area contributed by atoms with Crippen LogP contribution in [0.5, 0.6) is 5.75 Å². The van der Waals surface area contributed by atoms with E-state index in [1.807, 2.05) is 0 Å². The largest absolute Gasteiger partial charge is 0.479 e. The van der Waals surface area contributed by atoms with Crippen LogP contribution < -0.4 is 10.1 Å². The minimum absolute atomic E-state index is 0.0457. The van der Waals surface area contributed by atoms with Crippen molar-refractivity contribution in [2.75, 3.05) is 5.32 Å². The van der Waals surface area contributed by atoms with Crippen molar-refractivity contribution >= 4 is 23.4 Å². The first-order valence-electron chi connectivity index (χ1n) is 7.58. The van der Waals surface area contributed by atoms with Crippen molar-refractivity contribution in [2.45, 2.75) is 13.0 Å². The highest BCUT2D eigenvalue weighted by molar-refractivity contribution is 6.32. The van der Waals surface area contributed by atoms with Gasteiger partial charge >= 0.3 is 0 Å². The van der Waals surface area contributed by atoms with Gasteiger partial charge in [-0.3, -0.25) is 10.1 Å². The van der Waals surface area contributed by atoms with Crippen molar-refractivity contribution in [3.63, 3.8) is 0 Å². The van der Waals surface area contributed by atoms with Gasteiger partial charge in [0.25, 0.3) is 5.91 Å². The number of para-hydroxylation sites is 1. The molecule has 26 heavy (non-hydrogen) atoms. The van der Waals surface area contributed by atoms with Crippen molar-refractivity contribution in [1.29, 1.82) is 0 Å². The second-order valence-electron chi connectivity index (χ2n) is 5.39. The maximum Gasteiger partial charge on any atom is 0.267 e. The Morgan fingerprint density at radius 2 is 1.96 bits per heavy atom. The summed E-state index contributed by atoms with van der Waals surface area (Å²) in [6.07, 6.45) is -0.855. The molecule has 0 aliphatic rings. The Labute approximate surface area is 152 Å². The predicted octanol–water partition coefficient (Wildman–Crippen LogP) is 4.68. The maximum atomic E-state index is 13.3. The minimum Gasteiger partial charge on any atom is -0.479 e. The molecule has 0 aliphatic heterocycles. The van der Waals surface area contributed by atoms with Gasteiger partial charge < -0.3 is 9.26 Å². The lowest BCUT2D eigenvalue weighted by Gasteiger charge is -2.14. The summed E-state index contributed by atoms with van der Waals surface area (Å²) in [6, 6.07) is 11.5. The van der Waals surface area contributed by atoms with E-state index in [-0.39, 0.29) is 11.6 Å². The van der Waals surface area contributed by atoms with Gasteiger partial charge in [0, 0.05) is 11.6 Å². The number of hydrogen-bond donors (Lipinski definition) is 1. The molecule has 1 amide bonds. The van der Waals surface area contributed by atoms with E-state index in [0.717, 1.165) is 12.1 Å². The van der Waals surface area contributed by atoms with Crippen LogP contribution in [-0.2, 0) is 4.79 Å². The number of nitrogens with one attached hydrogen (secondary N) is 1. The smallest absolute Gasteiger partial charge is 0.267 e. The molecule has 0 radical (unpaired) electrons. The summed E-state index contributed by atoms with van der Waals surface area (Å²) >= 11 is 5.99. The first-order chi connectivity index (χ1) is 12.4. The monoisotopic (exact) mass is 378 g/mol. The number of hydrogen-bond acceptors (Lipinski definition) is 4. The van der Waals surface area contributed by atoms with Crippen LogP contribution in [0.4, 0.5) is 14.7 Å². The fourth-order valence-electron chi connectivity index (χ4n) is 2.13. The Kier molecular flexibility index (Phi) is 5.18. The normalized spacial score (nSPS) is 11.8. The molecule has 3 rings (SSSR count). The van der Waals surface area contributed by atoms with E-state index < -0.39 is 23.6 Å². The van der Waals surface area contributed by atoms with Crippen LogP contribution in [0.25, 0.3) is 11.3 Å². The highest BCUT2D eigenvalue weighted by Gasteiger charge is 2.18. The second kappa shape index (κ2) is 7.53. The Balaban J connectivity index is 1.67. The first-order valence-corrected chi connectivity index (χ1v) is 7.96. The van der Waals surface area contributed by atoms with Crippen molar-refractivity contribution < 1.29 is 22.8 Å². The number of amides is 1. The maximum absolute atomic E-state index is 13.3. The lowest BCUT2D eigenvalue weighted by molar-refractivity contribution is -0.122. The molecule has 134 valence electrons. The number of halogens is 3. The second-order valence-corrected chi connectivity index (χ2v) is 5.79. The van der Waals surface area contributed by atoms with E-state index in [9.17, 15) is 13.6 Å². The molecule has 0 saturated heterocycles. The Bertz CT molecular complexity index is 946. The van der Waals surface area contributed by atoms with E-state index in [2.05, 4.69) is 10.5 Å². The quantitative estimate of drug-likeness (QED) is 0.700. The number of carbonyl (C=O) groups excluding carboxylic acids is 1. The summed E-state index contributed by atoms with van der Waals surface area (Å²) in [6.45, 7) is 1.55. The number of nitrogens with zero attached hydrogens (tertiary/aromatic N) is 1. The van der Waals surface area contributed by atoms with E-state index in [0.29, 0.717) is 16.3 Å². The molecule has 0 spiro atoms. The number of anilines is 1. The molecule has 1 atom stereocenters. The van der Waals surface area contributed by atoms with E-state index in [1.165, 1.54) is 12.1 Å². The SMILES string of the molecule is C[C@H](Oc1ccccc1Cl)C(=O)Nc1cc(-c2ccc(F)c(F)c2)no1.